The van der Waals surface area contributed by atoms with E-state index < -0.39 is 0 Å². The molecule has 4 heteroatoms. The van der Waals surface area contributed by atoms with E-state index in [1.54, 1.807) is 0 Å². The van der Waals surface area contributed by atoms with Gasteiger partial charge in [-0.3, -0.25) is 4.57 Å². The molecule has 0 aliphatic carbocycles. The highest BCUT2D eigenvalue weighted by Gasteiger charge is 2.16. The van der Waals surface area contributed by atoms with Crippen LogP contribution in [0.25, 0.3) is 11.2 Å². The summed E-state index contributed by atoms with van der Waals surface area (Å²) < 4.78 is 6.23. The van der Waals surface area contributed by atoms with Gasteiger partial charge in [0.2, 0.25) is 11.7 Å². The molecule has 2 aromatic heterocycles. The van der Waals surface area contributed by atoms with Crippen LogP contribution in [0.3, 0.4) is 0 Å². The maximum Gasteiger partial charge on any atom is 0.408 e. The molecule has 0 saturated heterocycles. The van der Waals surface area contributed by atoms with Crippen LogP contribution < -0.4 is 9.13 Å². The van der Waals surface area contributed by atoms with Crippen molar-refractivity contribution in [3.63, 3.8) is 0 Å². The van der Waals surface area contributed by atoms with E-state index in [0.29, 0.717) is 0 Å². The third kappa shape index (κ3) is 1.18. The summed E-state index contributed by atoms with van der Waals surface area (Å²) in [5.41, 5.74) is 2.20. The lowest BCUT2D eigenvalue weighted by atomic mass is 10.5. The summed E-state index contributed by atoms with van der Waals surface area (Å²) in [7, 11) is 4.04. The van der Waals surface area contributed by atoms with Gasteiger partial charge in [0.25, 0.3) is 0 Å². The van der Waals surface area contributed by atoms with Crippen molar-refractivity contribution in [2.24, 2.45) is 14.1 Å². The third-order valence-corrected chi connectivity index (χ3v) is 2.19. The zero-order chi connectivity index (χ0) is 9.42. The number of hydrogen-bond donors (Lipinski definition) is 0. The molecule has 2 aromatic rings. The van der Waals surface area contributed by atoms with Crippen LogP contribution in [0.5, 0.6) is 0 Å². The second kappa shape index (κ2) is 2.80. The summed E-state index contributed by atoms with van der Waals surface area (Å²) >= 11 is 0. The van der Waals surface area contributed by atoms with Crippen LogP contribution in [-0.2, 0) is 20.6 Å². The molecule has 68 valence electrons. The van der Waals surface area contributed by atoms with Gasteiger partial charge < -0.3 is 0 Å². The Hall–Kier alpha value is -1.45. The van der Waals surface area contributed by atoms with Crippen LogP contribution in [-0.4, -0.2) is 9.55 Å². The van der Waals surface area contributed by atoms with E-state index in [4.69, 9.17) is 0 Å². The minimum atomic E-state index is 0.956. The van der Waals surface area contributed by atoms with E-state index in [2.05, 4.69) is 21.0 Å². The minimum Gasteiger partial charge on any atom is -0.277 e. The highest BCUT2D eigenvalue weighted by molar-refractivity contribution is 5.64. The largest absolute Gasteiger partial charge is 0.408 e. The Bertz CT molecular complexity index is 444. The fourth-order valence-corrected chi connectivity index (χ4v) is 1.65. The van der Waals surface area contributed by atoms with Gasteiger partial charge in [-0.05, 0) is 6.92 Å². The predicted octanol–water partition coefficient (Wildman–Crippen LogP) is -0.295. The lowest BCUT2D eigenvalue weighted by molar-refractivity contribution is -0.792. The van der Waals surface area contributed by atoms with Crippen molar-refractivity contribution in [3.8, 4) is 0 Å². The normalized spacial score (nSPS) is 11.0. The molecule has 0 aromatic carbocycles. The number of nitrogens with zero attached hydrogens (tertiary/aromatic N) is 4. The first kappa shape index (κ1) is 8.16. The molecule has 0 atom stereocenters. The number of aromatic nitrogens is 4. The van der Waals surface area contributed by atoms with E-state index >= 15 is 0 Å². The quantitative estimate of drug-likeness (QED) is 0.551. The first-order valence-corrected chi connectivity index (χ1v) is 4.42. The lowest BCUT2D eigenvalue weighted by Crippen LogP contribution is -2.43. The number of fused-ring (bicyclic) bond motifs is 1. The van der Waals surface area contributed by atoms with Crippen LogP contribution in [0.15, 0.2) is 18.9 Å². The molecule has 4 nitrogen and oxygen atoms in total. The fourth-order valence-electron chi connectivity index (χ4n) is 1.65. The van der Waals surface area contributed by atoms with Crippen LogP contribution in [0.1, 0.15) is 6.92 Å². The molecule has 2 heterocycles. The molecule has 0 unspecified atom stereocenters. The van der Waals surface area contributed by atoms with Crippen molar-refractivity contribution in [2.45, 2.75) is 13.5 Å². The Labute approximate surface area is 77.1 Å². The molecule has 0 amide bonds. The zero-order valence-electron chi connectivity index (χ0n) is 8.23. The Morgan fingerprint density at radius 3 is 2.92 bits per heavy atom. The van der Waals surface area contributed by atoms with Crippen LogP contribution in [0.4, 0.5) is 0 Å². The number of aryl methyl sites for hydroxylation is 3. The smallest absolute Gasteiger partial charge is 0.277 e. The van der Waals surface area contributed by atoms with Gasteiger partial charge in [0.05, 0.1) is 0 Å². The van der Waals surface area contributed by atoms with Gasteiger partial charge in [-0.25, -0.2) is 4.98 Å². The minimum absolute atomic E-state index is 0.956. The number of rotatable bonds is 1. The van der Waals surface area contributed by atoms with E-state index in [1.807, 2.05) is 37.5 Å². The predicted molar refractivity (Wildman–Crippen MR) is 47.8 cm³/mol. The molecule has 13 heavy (non-hydrogen) atoms. The van der Waals surface area contributed by atoms with E-state index in [-0.39, 0.29) is 0 Å². The Kier molecular flexibility index (Phi) is 1.76. The third-order valence-electron chi connectivity index (χ3n) is 2.19. The molecule has 0 fully saturated rings. The summed E-state index contributed by atoms with van der Waals surface area (Å²) in [6, 6.07) is 0. The Morgan fingerprint density at radius 2 is 2.23 bits per heavy atom. The molecule has 0 aliphatic heterocycles. The second-order valence-electron chi connectivity index (χ2n) is 3.26. The molecule has 0 spiro atoms. The highest BCUT2D eigenvalue weighted by atomic mass is 15.2. The summed E-state index contributed by atoms with van der Waals surface area (Å²) in [6.45, 7) is 3.08. The summed E-state index contributed by atoms with van der Waals surface area (Å²) in [6.07, 6.45) is 5.95. The van der Waals surface area contributed by atoms with Crippen LogP contribution in [0, 0.1) is 0 Å². The molecule has 0 aliphatic rings. The maximum absolute atomic E-state index is 4.33. The Balaban J connectivity index is 2.82. The van der Waals surface area contributed by atoms with Crippen molar-refractivity contribution in [1.82, 2.24) is 9.55 Å². The van der Waals surface area contributed by atoms with Crippen molar-refractivity contribution < 1.29 is 9.13 Å². The van der Waals surface area contributed by atoms with Gasteiger partial charge in [0.15, 0.2) is 0 Å². The summed E-state index contributed by atoms with van der Waals surface area (Å²) in [5.74, 6) is 0. The second-order valence-corrected chi connectivity index (χ2v) is 3.26. The highest BCUT2D eigenvalue weighted by Crippen LogP contribution is 2.03. The maximum atomic E-state index is 4.33. The van der Waals surface area contributed by atoms with E-state index in [9.17, 15) is 0 Å². The average Bonchev–Trinajstić information content (AvgIpc) is 2.47. The van der Waals surface area contributed by atoms with Crippen molar-refractivity contribution in [1.29, 1.82) is 0 Å². The topological polar surface area (TPSA) is 25.6 Å². The standard InChI is InChI=1S/C9H14N4/c1-4-13-6-10-8-5-11(2)7-12(3)9(8)13/h5-7H,4H2,1-3H3/q+2. The van der Waals surface area contributed by atoms with Gasteiger partial charge >= 0.3 is 12.0 Å². The van der Waals surface area contributed by atoms with Crippen LogP contribution in [0.2, 0.25) is 0 Å². The number of hydrogen-bond acceptors (Lipinski definition) is 1. The molecular formula is C9H14N4+2. The number of imidazole rings is 1. The zero-order valence-corrected chi connectivity index (χ0v) is 8.23. The van der Waals surface area contributed by atoms with Crippen LogP contribution >= 0.6 is 0 Å². The monoisotopic (exact) mass is 178 g/mol. The molecule has 0 radical (unpaired) electrons. The summed E-state index contributed by atoms with van der Waals surface area (Å²) in [5, 5.41) is 0. The fraction of sp³-hybridized carbons (Fsp3) is 0.444. The summed E-state index contributed by atoms with van der Waals surface area (Å²) in [4.78, 5) is 4.33. The molecule has 0 saturated carbocycles. The first-order chi connectivity index (χ1) is 6.22. The van der Waals surface area contributed by atoms with Gasteiger partial charge in [-0.2, -0.15) is 0 Å². The van der Waals surface area contributed by atoms with Crippen molar-refractivity contribution >= 4 is 11.2 Å². The SMILES string of the molecule is CCn1cnc2c[n+](C)c[n+](C)c21. The van der Waals surface area contributed by atoms with E-state index in [0.717, 1.165) is 12.1 Å². The lowest BCUT2D eigenvalue weighted by Gasteiger charge is -1.94. The van der Waals surface area contributed by atoms with Gasteiger partial charge in [-0.1, -0.05) is 0 Å². The van der Waals surface area contributed by atoms with Gasteiger partial charge in [-0.15, -0.1) is 9.13 Å². The Morgan fingerprint density at radius 1 is 1.46 bits per heavy atom. The molecule has 2 rings (SSSR count). The van der Waals surface area contributed by atoms with Crippen molar-refractivity contribution in [2.75, 3.05) is 0 Å². The van der Waals surface area contributed by atoms with Crippen molar-refractivity contribution in [3.05, 3.63) is 18.9 Å². The first-order valence-electron chi connectivity index (χ1n) is 4.42. The van der Waals surface area contributed by atoms with Gasteiger partial charge in [0, 0.05) is 6.54 Å². The average molecular weight is 178 g/mol. The molecule has 0 N–H and O–H groups in total. The van der Waals surface area contributed by atoms with Gasteiger partial charge in [0.1, 0.15) is 20.4 Å². The molecule has 0 bridgehead atoms. The van der Waals surface area contributed by atoms with E-state index in [1.165, 1.54) is 5.65 Å². The molecular weight excluding hydrogens is 164 g/mol.